The highest BCUT2D eigenvalue weighted by Crippen LogP contribution is 2.32. The van der Waals surface area contributed by atoms with Gasteiger partial charge in [0.15, 0.2) is 11.4 Å². The molecule has 0 aromatic heterocycles. The lowest BCUT2D eigenvalue weighted by molar-refractivity contribution is -0.148. The van der Waals surface area contributed by atoms with Crippen molar-refractivity contribution in [3.63, 3.8) is 0 Å². The Hall–Kier alpha value is -2.70. The van der Waals surface area contributed by atoms with Crippen LogP contribution in [0.25, 0.3) is 0 Å². The van der Waals surface area contributed by atoms with Crippen molar-refractivity contribution in [1.29, 1.82) is 0 Å². The topological polar surface area (TPSA) is 92.4 Å². The summed E-state index contributed by atoms with van der Waals surface area (Å²) >= 11 is 0. The second-order valence-electron chi connectivity index (χ2n) is 4.42. The lowest BCUT2D eigenvalue weighted by Gasteiger charge is -2.26. The number of amides is 3. The van der Waals surface area contributed by atoms with Crippen LogP contribution in [0.1, 0.15) is 0 Å². The maximum atomic E-state index is 12.4. The highest BCUT2D eigenvalue weighted by atomic mass is 16.6. The predicted octanol–water partition coefficient (Wildman–Crippen LogP) is 1.91. The summed E-state index contributed by atoms with van der Waals surface area (Å²) in [6.45, 7) is -0.379. The number of nitrogens with zero attached hydrogens (tertiary/aromatic N) is 1. The fourth-order valence-electron chi connectivity index (χ4n) is 2.00. The number of carbonyl (C=O) groups is 2. The number of hydroxylamine groups is 1. The van der Waals surface area contributed by atoms with Gasteiger partial charge in [-0.15, -0.1) is 0 Å². The van der Waals surface area contributed by atoms with E-state index in [9.17, 15) is 14.8 Å². The van der Waals surface area contributed by atoms with E-state index < -0.39 is 16.6 Å². The number of hydrogen-bond donors (Lipinski definition) is 3. The Morgan fingerprint density at radius 2 is 1.38 bits per heavy atom. The molecule has 0 unspecified atom stereocenters. The molecule has 6 nitrogen and oxygen atoms in total. The Bertz CT molecular complexity index is 590. The van der Waals surface area contributed by atoms with Gasteiger partial charge in [0.25, 0.3) is 0 Å². The van der Waals surface area contributed by atoms with Crippen molar-refractivity contribution >= 4 is 23.3 Å². The first-order chi connectivity index (χ1) is 10.0. The van der Waals surface area contributed by atoms with Crippen molar-refractivity contribution in [2.45, 2.75) is 0 Å². The molecule has 0 aliphatic rings. The maximum absolute atomic E-state index is 12.4. The van der Waals surface area contributed by atoms with Crippen LogP contribution in [0.4, 0.5) is 16.2 Å². The van der Waals surface area contributed by atoms with E-state index in [4.69, 9.17) is 5.73 Å². The van der Waals surface area contributed by atoms with Crippen LogP contribution >= 0.6 is 0 Å². The Morgan fingerprint density at radius 1 is 0.952 bits per heavy atom. The van der Waals surface area contributed by atoms with Crippen molar-refractivity contribution in [2.24, 2.45) is 5.73 Å². The summed E-state index contributed by atoms with van der Waals surface area (Å²) < 4.78 is -1.04. The second-order valence-corrected chi connectivity index (χ2v) is 4.42. The number of nitrogens with two attached hydrogens (primary N) is 1. The summed E-state index contributed by atoms with van der Waals surface area (Å²) in [6, 6.07) is 16.2. The molecule has 2 rings (SSSR count). The minimum atomic E-state index is -1.04. The number of benzene rings is 2. The van der Waals surface area contributed by atoms with Crippen molar-refractivity contribution in [1.82, 2.24) is 9.96 Å². The molecule has 0 bridgehead atoms. The monoisotopic (exact) mass is 286 g/mol. The van der Waals surface area contributed by atoms with Crippen molar-refractivity contribution < 1.29 is 14.8 Å². The van der Waals surface area contributed by atoms with Crippen molar-refractivity contribution in [3.05, 3.63) is 60.7 Å². The van der Waals surface area contributed by atoms with Gasteiger partial charge in [-0.1, -0.05) is 41.0 Å². The van der Waals surface area contributed by atoms with E-state index in [2.05, 4.69) is 5.32 Å². The number of urea groups is 1. The maximum Gasteiger partial charge on any atom is 0.375 e. The van der Waals surface area contributed by atoms with E-state index in [0.29, 0.717) is 11.4 Å². The largest absolute Gasteiger partial charge is 0.375 e. The molecule has 21 heavy (non-hydrogen) atoms. The Balaban J connectivity index is 2.45. The molecule has 0 fully saturated rings. The number of hydrogen-bond acceptors (Lipinski definition) is 3. The molecule has 0 heterocycles. The highest BCUT2D eigenvalue weighted by molar-refractivity contribution is 5.95. The molecule has 2 aromatic carbocycles. The SMILES string of the molecule is NC(=O)NCC(=O)[N+](O)(c1ccccc1)c1ccccc1. The minimum Gasteiger partial charge on any atom is -0.352 e. The van der Waals surface area contributed by atoms with Crippen molar-refractivity contribution in [3.8, 4) is 0 Å². The first kappa shape index (κ1) is 14.7. The van der Waals surface area contributed by atoms with Crippen LogP contribution in [0.15, 0.2) is 60.7 Å². The fraction of sp³-hybridized carbons (Fsp3) is 0.0667. The normalized spacial score (nSPS) is 10.9. The van der Waals surface area contributed by atoms with Crippen LogP contribution in [0, 0.1) is 0 Å². The molecular weight excluding hydrogens is 270 g/mol. The van der Waals surface area contributed by atoms with Gasteiger partial charge in [-0.3, -0.25) is 0 Å². The smallest absolute Gasteiger partial charge is 0.352 e. The molecule has 108 valence electrons. The molecular formula is C15H16N3O3+. The van der Waals surface area contributed by atoms with E-state index in [-0.39, 0.29) is 6.54 Å². The Kier molecular flexibility index (Phi) is 4.32. The summed E-state index contributed by atoms with van der Waals surface area (Å²) in [5.41, 5.74) is 5.72. The molecule has 0 aliphatic carbocycles. The minimum absolute atomic E-state index is 0.375. The van der Waals surface area contributed by atoms with Crippen LogP contribution in [0.5, 0.6) is 0 Å². The van der Waals surface area contributed by atoms with Crippen LogP contribution in [0.2, 0.25) is 0 Å². The predicted molar refractivity (Wildman–Crippen MR) is 78.7 cm³/mol. The zero-order valence-electron chi connectivity index (χ0n) is 11.3. The summed E-state index contributed by atoms with van der Waals surface area (Å²) in [4.78, 5) is 23.2. The zero-order chi connectivity index (χ0) is 15.3. The van der Waals surface area contributed by atoms with Gasteiger partial charge < -0.3 is 11.1 Å². The number of quaternary nitrogens is 1. The van der Waals surface area contributed by atoms with E-state index in [1.165, 1.54) is 0 Å². The molecule has 0 spiro atoms. The van der Waals surface area contributed by atoms with Gasteiger partial charge >= 0.3 is 11.9 Å². The quantitative estimate of drug-likeness (QED) is 0.455. The molecule has 2 aromatic rings. The first-order valence-corrected chi connectivity index (χ1v) is 6.35. The number of primary amides is 1. The van der Waals surface area contributed by atoms with Crippen LogP contribution in [0.3, 0.4) is 0 Å². The van der Waals surface area contributed by atoms with Gasteiger partial charge in [-0.25, -0.2) is 9.59 Å². The van der Waals surface area contributed by atoms with E-state index in [1.807, 2.05) is 0 Å². The van der Waals surface area contributed by atoms with Crippen LogP contribution in [-0.4, -0.2) is 23.7 Å². The molecule has 0 saturated carbocycles. The average Bonchev–Trinajstić information content (AvgIpc) is 2.53. The molecule has 3 amide bonds. The average molecular weight is 286 g/mol. The fourth-order valence-corrected chi connectivity index (χ4v) is 2.00. The van der Waals surface area contributed by atoms with Crippen molar-refractivity contribution in [2.75, 3.05) is 6.54 Å². The standard InChI is InChI=1S/C15H15N3O3/c16-15(20)17-11-14(19)18(21,12-7-3-1-4-8-12)13-9-5-2-6-10-13/h1-10,21H,11H2,(H2-,16,17,20)/p+1. The molecule has 0 atom stereocenters. The molecule has 0 saturated heterocycles. The highest BCUT2D eigenvalue weighted by Gasteiger charge is 2.41. The third-order valence-electron chi connectivity index (χ3n) is 3.03. The van der Waals surface area contributed by atoms with E-state index in [0.717, 1.165) is 0 Å². The first-order valence-electron chi connectivity index (χ1n) is 6.35. The van der Waals surface area contributed by atoms with E-state index >= 15 is 0 Å². The molecule has 4 N–H and O–H groups in total. The second kappa shape index (κ2) is 6.17. The van der Waals surface area contributed by atoms with Gasteiger partial charge in [0, 0.05) is 24.3 Å². The summed E-state index contributed by atoms with van der Waals surface area (Å²) in [7, 11) is 0. The third-order valence-corrected chi connectivity index (χ3v) is 3.03. The molecule has 0 aliphatic heterocycles. The molecule has 0 radical (unpaired) electrons. The zero-order valence-corrected chi connectivity index (χ0v) is 11.3. The number of carbonyl (C=O) groups excluding carboxylic acids is 2. The van der Waals surface area contributed by atoms with Gasteiger partial charge in [-0.2, -0.15) is 5.21 Å². The molecule has 6 heteroatoms. The van der Waals surface area contributed by atoms with Gasteiger partial charge in [0.05, 0.1) is 0 Å². The third kappa shape index (κ3) is 3.07. The summed E-state index contributed by atoms with van der Waals surface area (Å²) in [5.74, 6) is -0.619. The van der Waals surface area contributed by atoms with Gasteiger partial charge in [0.1, 0.15) is 6.54 Å². The Morgan fingerprint density at radius 3 is 1.76 bits per heavy atom. The summed E-state index contributed by atoms with van der Waals surface area (Å²) in [6.07, 6.45) is 0. The lowest BCUT2D eigenvalue weighted by Crippen LogP contribution is -2.52. The van der Waals surface area contributed by atoms with Crippen LogP contribution in [-0.2, 0) is 4.79 Å². The Labute approximate surface area is 122 Å². The van der Waals surface area contributed by atoms with E-state index in [1.54, 1.807) is 60.7 Å². The lowest BCUT2D eigenvalue weighted by atomic mass is 10.2. The number of para-hydroxylation sites is 2. The number of nitrogens with one attached hydrogen (secondary N) is 1. The summed E-state index contributed by atoms with van der Waals surface area (Å²) in [5, 5.41) is 13.1. The van der Waals surface area contributed by atoms with Crippen LogP contribution < -0.4 is 15.7 Å². The number of rotatable bonds is 4. The van der Waals surface area contributed by atoms with Gasteiger partial charge in [0.2, 0.25) is 0 Å². The van der Waals surface area contributed by atoms with Gasteiger partial charge in [-0.05, 0) is 0 Å².